The number of aliphatic hydroxyl groups is 1. The number of esters is 1. The lowest BCUT2D eigenvalue weighted by atomic mass is 9.61. The zero-order valence-corrected chi connectivity index (χ0v) is 31.2. The Morgan fingerprint density at radius 1 is 1.22 bits per heavy atom. The quantitative estimate of drug-likeness (QED) is 0.102. The smallest absolute Gasteiger partial charge is 0.339 e. The standard InChI is InChI=1S/C39H45N3O7S2/c1-5-22(3)36(45)49-38(4)10-9-25-20-50-51-21-30-23(6-2)19-42(30)34(44)14-28-18-41-33(40)15-29(28)35(25)39(38)17-27-13-26-12-24(8-7-11-43)37(46)47-31(26)16-32(27)48-39/h5,9,12-13,15-16,18,23,30,35,43H,6-8,10-11,14,17,19-21H2,1-4H3,(H2,40,41). The van der Waals surface area contributed by atoms with Crippen LogP contribution in [0.2, 0.25) is 0 Å². The number of aromatic nitrogens is 1. The molecular weight excluding hydrogens is 687 g/mol. The number of nitrogen functional groups attached to an aromatic ring is 1. The average Bonchev–Trinajstić information content (AvgIpc) is 3.46. The second-order valence-electron chi connectivity index (χ2n) is 14.4. The highest BCUT2D eigenvalue weighted by Gasteiger charge is 2.64. The minimum Gasteiger partial charge on any atom is -0.481 e. The molecule has 3 aromatic rings. The van der Waals surface area contributed by atoms with Crippen LogP contribution in [-0.2, 0) is 33.6 Å². The first-order valence-corrected chi connectivity index (χ1v) is 20.2. The largest absolute Gasteiger partial charge is 0.481 e. The molecule has 270 valence electrons. The van der Waals surface area contributed by atoms with Gasteiger partial charge in [0.15, 0.2) is 11.2 Å². The van der Waals surface area contributed by atoms with Gasteiger partial charge in [-0.05, 0) is 80.8 Å². The number of aliphatic hydroxyl groups excluding tert-OH is 1. The molecule has 12 heteroatoms. The van der Waals surface area contributed by atoms with E-state index in [1.165, 1.54) is 0 Å². The van der Waals surface area contributed by atoms with E-state index in [9.17, 15) is 19.5 Å². The summed E-state index contributed by atoms with van der Waals surface area (Å²) in [7, 11) is 3.56. The number of hydrogen-bond acceptors (Lipinski definition) is 11. The van der Waals surface area contributed by atoms with Crippen LogP contribution in [0.4, 0.5) is 5.82 Å². The minimum atomic E-state index is -1.16. The number of allylic oxidation sites excluding steroid dienone is 1. The number of benzene rings is 1. The van der Waals surface area contributed by atoms with E-state index < -0.39 is 28.7 Å². The predicted octanol–water partition coefficient (Wildman–Crippen LogP) is 5.93. The third-order valence-electron chi connectivity index (χ3n) is 11.4. The highest BCUT2D eigenvalue weighted by molar-refractivity contribution is 8.76. The number of carbonyl (C=O) groups is 2. The molecule has 1 aliphatic carbocycles. The molecule has 3 N–H and O–H groups in total. The van der Waals surface area contributed by atoms with Gasteiger partial charge >= 0.3 is 11.6 Å². The predicted molar refractivity (Wildman–Crippen MR) is 201 cm³/mol. The number of aryl methyl sites for hydroxylation is 1. The van der Waals surface area contributed by atoms with Crippen LogP contribution in [-0.4, -0.2) is 68.8 Å². The molecule has 0 radical (unpaired) electrons. The Kier molecular flexibility index (Phi) is 9.79. The van der Waals surface area contributed by atoms with Crippen LogP contribution in [0.25, 0.3) is 11.0 Å². The summed E-state index contributed by atoms with van der Waals surface area (Å²) in [6.07, 6.45) is 8.47. The molecule has 5 atom stereocenters. The fourth-order valence-corrected chi connectivity index (χ4v) is 10.8. The highest BCUT2D eigenvalue weighted by Crippen LogP contribution is 2.58. The molecular formula is C39H45N3O7S2. The Morgan fingerprint density at radius 3 is 2.80 bits per heavy atom. The van der Waals surface area contributed by atoms with E-state index in [0.717, 1.165) is 46.4 Å². The zero-order chi connectivity index (χ0) is 36.1. The lowest BCUT2D eigenvalue weighted by Gasteiger charge is -2.52. The van der Waals surface area contributed by atoms with Gasteiger partial charge < -0.3 is 29.6 Å². The number of nitrogens with two attached hydrogens (primary N) is 1. The van der Waals surface area contributed by atoms with E-state index in [4.69, 9.17) is 19.6 Å². The molecule has 5 heterocycles. The molecule has 0 saturated carbocycles. The maximum absolute atomic E-state index is 14.0. The lowest BCUT2D eigenvalue weighted by molar-refractivity contribution is -0.183. The molecule has 1 spiro atoms. The van der Waals surface area contributed by atoms with Gasteiger partial charge in [0.1, 0.15) is 17.2 Å². The van der Waals surface area contributed by atoms with Gasteiger partial charge in [0.25, 0.3) is 0 Å². The normalized spacial score (nSPS) is 27.6. The van der Waals surface area contributed by atoms with Crippen LogP contribution >= 0.6 is 21.6 Å². The van der Waals surface area contributed by atoms with Gasteiger partial charge in [-0.1, -0.05) is 46.2 Å². The number of anilines is 1. The molecule has 1 fully saturated rings. The van der Waals surface area contributed by atoms with Gasteiger partial charge in [0.2, 0.25) is 5.91 Å². The van der Waals surface area contributed by atoms with E-state index in [2.05, 4.69) is 18.0 Å². The Morgan fingerprint density at radius 2 is 2.04 bits per heavy atom. The van der Waals surface area contributed by atoms with Gasteiger partial charge in [0.05, 0.1) is 12.3 Å². The minimum absolute atomic E-state index is 0.0268. The fourth-order valence-electron chi connectivity index (χ4n) is 8.20. The van der Waals surface area contributed by atoms with E-state index in [1.807, 2.05) is 30.0 Å². The first-order chi connectivity index (χ1) is 24.5. The molecule has 5 unspecified atom stereocenters. The summed E-state index contributed by atoms with van der Waals surface area (Å²) in [6, 6.07) is 7.63. The number of hydrogen-bond donors (Lipinski definition) is 2. The Bertz CT molecular complexity index is 2010. The fraction of sp³-hybridized carbons (Fsp3) is 0.487. The number of ether oxygens (including phenoxy) is 2. The van der Waals surface area contributed by atoms with Crippen LogP contribution in [0.3, 0.4) is 0 Å². The summed E-state index contributed by atoms with van der Waals surface area (Å²) >= 11 is 0. The summed E-state index contributed by atoms with van der Waals surface area (Å²) in [5.41, 5.74) is 8.63. The second-order valence-corrected chi connectivity index (χ2v) is 16.9. The molecule has 7 rings (SSSR count). The van der Waals surface area contributed by atoms with Crippen molar-refractivity contribution in [3.05, 3.63) is 86.4 Å². The Labute approximate surface area is 305 Å². The molecule has 1 saturated heterocycles. The molecule has 10 nitrogen and oxygen atoms in total. The van der Waals surface area contributed by atoms with E-state index in [0.29, 0.717) is 65.6 Å². The van der Waals surface area contributed by atoms with Crippen molar-refractivity contribution in [2.75, 3.05) is 30.4 Å². The van der Waals surface area contributed by atoms with Crippen molar-refractivity contribution in [3.63, 3.8) is 0 Å². The third-order valence-corrected chi connectivity index (χ3v) is 13.7. The molecule has 51 heavy (non-hydrogen) atoms. The first-order valence-electron chi connectivity index (χ1n) is 17.7. The van der Waals surface area contributed by atoms with Gasteiger partial charge in [0, 0.05) is 72.3 Å². The number of rotatable bonds is 6. The summed E-state index contributed by atoms with van der Waals surface area (Å²) in [5, 5.41) is 10.1. The maximum atomic E-state index is 14.0. The van der Waals surface area contributed by atoms with E-state index >= 15 is 0 Å². The van der Waals surface area contributed by atoms with Gasteiger partial charge in [-0.15, -0.1) is 0 Å². The van der Waals surface area contributed by atoms with Crippen molar-refractivity contribution in [3.8, 4) is 5.75 Å². The number of fused-ring (bicyclic) bond motifs is 7. The van der Waals surface area contributed by atoms with Crippen molar-refractivity contribution < 1.29 is 28.6 Å². The van der Waals surface area contributed by atoms with Crippen molar-refractivity contribution in [2.45, 2.75) is 89.4 Å². The summed E-state index contributed by atoms with van der Waals surface area (Å²) in [5.74, 6) is 2.07. The van der Waals surface area contributed by atoms with Gasteiger partial charge in [-0.25, -0.2) is 14.6 Å². The molecule has 0 bridgehead atoms. The Balaban J connectivity index is 1.40. The van der Waals surface area contributed by atoms with Gasteiger partial charge in [-0.3, -0.25) is 4.79 Å². The topological polar surface area (TPSA) is 145 Å². The monoisotopic (exact) mass is 731 g/mol. The first kappa shape index (κ1) is 35.7. The van der Waals surface area contributed by atoms with E-state index in [1.54, 1.807) is 53.8 Å². The summed E-state index contributed by atoms with van der Waals surface area (Å²) in [4.78, 5) is 47.0. The molecule has 2 aromatic heterocycles. The molecule has 1 amide bonds. The van der Waals surface area contributed by atoms with Crippen LogP contribution in [0.15, 0.2) is 63.0 Å². The maximum Gasteiger partial charge on any atom is 0.339 e. The van der Waals surface area contributed by atoms with Crippen molar-refractivity contribution >= 4 is 50.3 Å². The highest BCUT2D eigenvalue weighted by atomic mass is 33.1. The average molecular weight is 732 g/mol. The number of amides is 1. The Hall–Kier alpha value is -3.74. The number of pyridine rings is 1. The van der Waals surface area contributed by atoms with Crippen molar-refractivity contribution in [1.82, 2.24) is 9.88 Å². The SMILES string of the molecule is CC=C(C)C(=O)OC1(C)CC=C2CSSCC3C(CC)CN3C(=O)Cc3cnc(N)cc3C2C12Cc1cc3cc(CCCO)c(=O)oc3cc1O2. The van der Waals surface area contributed by atoms with Crippen LogP contribution in [0, 0.1) is 5.92 Å². The summed E-state index contributed by atoms with van der Waals surface area (Å²) in [6.45, 7) is 8.39. The second kappa shape index (κ2) is 14.0. The van der Waals surface area contributed by atoms with E-state index in [-0.39, 0.29) is 25.0 Å². The summed E-state index contributed by atoms with van der Waals surface area (Å²) < 4.78 is 19.5. The molecule has 1 aromatic carbocycles. The number of carbonyl (C=O) groups excluding carboxylic acids is 2. The van der Waals surface area contributed by atoms with Crippen LogP contribution < -0.4 is 16.1 Å². The van der Waals surface area contributed by atoms with Crippen LogP contribution in [0.1, 0.15) is 75.1 Å². The lowest BCUT2D eigenvalue weighted by Crippen LogP contribution is -2.63. The van der Waals surface area contributed by atoms with Gasteiger partial charge in [-0.2, -0.15) is 0 Å². The van der Waals surface area contributed by atoms with Crippen LogP contribution in [0.5, 0.6) is 5.75 Å². The van der Waals surface area contributed by atoms with Crippen molar-refractivity contribution in [2.24, 2.45) is 5.92 Å². The number of nitrogens with zero attached hydrogens (tertiary/aromatic N) is 2. The molecule has 4 aliphatic rings. The van der Waals surface area contributed by atoms with Crippen molar-refractivity contribution in [1.29, 1.82) is 0 Å². The third kappa shape index (κ3) is 6.27. The molecule has 3 aliphatic heterocycles. The zero-order valence-electron chi connectivity index (χ0n) is 29.5.